The summed E-state index contributed by atoms with van der Waals surface area (Å²) in [5.41, 5.74) is 0. The zero-order chi connectivity index (χ0) is 12.7. The van der Waals surface area contributed by atoms with Crippen LogP contribution in [0.1, 0.15) is 25.7 Å². The molecule has 4 aliphatic heterocycles. The van der Waals surface area contributed by atoms with Gasteiger partial charge in [0.25, 0.3) is 0 Å². The van der Waals surface area contributed by atoms with Crippen LogP contribution in [0.4, 0.5) is 0 Å². The van der Waals surface area contributed by atoms with Gasteiger partial charge in [0.2, 0.25) is 0 Å². The summed E-state index contributed by atoms with van der Waals surface area (Å²) in [6.45, 7) is 10.3. The summed E-state index contributed by atoms with van der Waals surface area (Å²) in [7, 11) is 0. The summed E-state index contributed by atoms with van der Waals surface area (Å²) in [5.74, 6) is 0. The van der Waals surface area contributed by atoms with E-state index in [-0.39, 0.29) is 0 Å². The van der Waals surface area contributed by atoms with Gasteiger partial charge in [-0.2, -0.15) is 0 Å². The van der Waals surface area contributed by atoms with Crippen LogP contribution in [0.25, 0.3) is 0 Å². The zero-order valence-electron chi connectivity index (χ0n) is 12.1. The molecule has 0 amide bonds. The fourth-order valence-electron chi connectivity index (χ4n) is 4.68. The molecule has 4 rings (SSSR count). The number of nitrogens with one attached hydrogen (secondary N) is 1. The first-order valence-corrected chi connectivity index (χ1v) is 8.35. The topological polar surface area (TPSA) is 21.8 Å². The van der Waals surface area contributed by atoms with E-state index in [4.69, 9.17) is 0 Å². The number of piperazine rings is 1. The second-order valence-corrected chi connectivity index (χ2v) is 6.85. The molecule has 0 aromatic carbocycles. The average molecular weight is 264 g/mol. The molecule has 108 valence electrons. The van der Waals surface area contributed by atoms with E-state index in [1.165, 1.54) is 78.0 Å². The quantitative estimate of drug-likeness (QED) is 0.769. The third-order valence-electron chi connectivity index (χ3n) is 5.85. The minimum absolute atomic E-state index is 0.861. The molecule has 4 aliphatic rings. The van der Waals surface area contributed by atoms with Crippen molar-refractivity contribution in [1.82, 2.24) is 20.0 Å². The highest BCUT2D eigenvalue weighted by Gasteiger charge is 2.44. The molecule has 0 radical (unpaired) electrons. The minimum Gasteiger partial charge on any atom is -0.314 e. The fraction of sp³-hybridized carbons (Fsp3) is 1.00. The predicted molar refractivity (Wildman–Crippen MR) is 77.4 cm³/mol. The van der Waals surface area contributed by atoms with Crippen LogP contribution in [-0.4, -0.2) is 85.2 Å². The van der Waals surface area contributed by atoms with Crippen LogP contribution in [-0.2, 0) is 0 Å². The van der Waals surface area contributed by atoms with Gasteiger partial charge in [0.15, 0.2) is 0 Å². The van der Waals surface area contributed by atoms with Gasteiger partial charge in [0, 0.05) is 63.9 Å². The van der Waals surface area contributed by atoms with Crippen molar-refractivity contribution in [3.63, 3.8) is 0 Å². The van der Waals surface area contributed by atoms with Gasteiger partial charge in [-0.15, -0.1) is 0 Å². The number of hydrogen-bond acceptors (Lipinski definition) is 4. The van der Waals surface area contributed by atoms with E-state index < -0.39 is 0 Å². The molecule has 4 heteroatoms. The Morgan fingerprint density at radius 2 is 1.47 bits per heavy atom. The highest BCUT2D eigenvalue weighted by Crippen LogP contribution is 2.33. The molecule has 0 bridgehead atoms. The van der Waals surface area contributed by atoms with Crippen LogP contribution < -0.4 is 5.32 Å². The van der Waals surface area contributed by atoms with Crippen LogP contribution in [0.3, 0.4) is 0 Å². The lowest BCUT2D eigenvalue weighted by Gasteiger charge is -2.51. The van der Waals surface area contributed by atoms with E-state index in [1.807, 2.05) is 0 Å². The minimum atomic E-state index is 0.861. The average Bonchev–Trinajstić information content (AvgIpc) is 2.83. The predicted octanol–water partition coefficient (Wildman–Crippen LogP) is 0.203. The van der Waals surface area contributed by atoms with Crippen molar-refractivity contribution in [3.8, 4) is 0 Å². The van der Waals surface area contributed by atoms with E-state index in [0.717, 1.165) is 18.1 Å². The molecule has 2 atom stereocenters. The molecule has 19 heavy (non-hydrogen) atoms. The van der Waals surface area contributed by atoms with Crippen LogP contribution in [0.5, 0.6) is 0 Å². The highest BCUT2D eigenvalue weighted by molar-refractivity contribution is 5.01. The Balaban J connectivity index is 1.30. The van der Waals surface area contributed by atoms with Crippen molar-refractivity contribution in [3.05, 3.63) is 0 Å². The van der Waals surface area contributed by atoms with Gasteiger partial charge in [-0.05, 0) is 25.8 Å². The van der Waals surface area contributed by atoms with Crippen LogP contribution >= 0.6 is 0 Å². The maximum Gasteiger partial charge on any atom is 0.0351 e. The molecule has 1 N–H and O–H groups in total. The maximum absolute atomic E-state index is 3.46. The molecule has 0 aliphatic carbocycles. The van der Waals surface area contributed by atoms with Crippen LogP contribution in [0.15, 0.2) is 0 Å². The van der Waals surface area contributed by atoms with Gasteiger partial charge in [-0.25, -0.2) is 0 Å². The van der Waals surface area contributed by atoms with Crippen molar-refractivity contribution < 1.29 is 0 Å². The third-order valence-corrected chi connectivity index (χ3v) is 5.85. The second-order valence-electron chi connectivity index (χ2n) is 6.85. The molecule has 0 aromatic heterocycles. The molecule has 0 aromatic rings. The van der Waals surface area contributed by atoms with Crippen LogP contribution in [0.2, 0.25) is 0 Å². The van der Waals surface area contributed by atoms with Gasteiger partial charge in [-0.3, -0.25) is 14.7 Å². The number of rotatable bonds is 2. The van der Waals surface area contributed by atoms with Gasteiger partial charge >= 0.3 is 0 Å². The lowest BCUT2D eigenvalue weighted by molar-refractivity contribution is -0.0139. The summed E-state index contributed by atoms with van der Waals surface area (Å²) in [4.78, 5) is 8.27. The van der Waals surface area contributed by atoms with E-state index >= 15 is 0 Å². The van der Waals surface area contributed by atoms with Crippen molar-refractivity contribution in [2.24, 2.45) is 0 Å². The monoisotopic (exact) mass is 264 g/mol. The van der Waals surface area contributed by atoms with Crippen molar-refractivity contribution in [2.75, 3.05) is 52.4 Å². The van der Waals surface area contributed by atoms with Crippen molar-refractivity contribution >= 4 is 0 Å². The molecular formula is C15H28N4. The molecule has 0 saturated carbocycles. The van der Waals surface area contributed by atoms with E-state index in [1.54, 1.807) is 0 Å². The van der Waals surface area contributed by atoms with Gasteiger partial charge in [0.1, 0.15) is 0 Å². The van der Waals surface area contributed by atoms with Crippen LogP contribution in [0, 0.1) is 0 Å². The highest BCUT2D eigenvalue weighted by atomic mass is 15.4. The van der Waals surface area contributed by atoms with E-state index in [0.29, 0.717) is 0 Å². The molecule has 4 heterocycles. The SMILES string of the molecule is C1CCN2CCC(N3CC(N4CCNCC4)C3)C2C1. The molecule has 4 nitrogen and oxygen atoms in total. The third kappa shape index (κ3) is 2.33. The Bertz CT molecular complexity index is 309. The Labute approximate surface area is 117 Å². The Morgan fingerprint density at radius 1 is 0.684 bits per heavy atom. The lowest BCUT2D eigenvalue weighted by Crippen LogP contribution is -2.66. The van der Waals surface area contributed by atoms with Crippen molar-refractivity contribution in [2.45, 2.75) is 43.8 Å². The van der Waals surface area contributed by atoms with E-state index in [2.05, 4.69) is 20.0 Å². The summed E-state index contributed by atoms with van der Waals surface area (Å²) < 4.78 is 0. The summed E-state index contributed by atoms with van der Waals surface area (Å²) in [6.07, 6.45) is 5.79. The molecule has 2 unspecified atom stereocenters. The first kappa shape index (κ1) is 12.6. The number of likely N-dealkylation sites (tertiary alicyclic amines) is 1. The Morgan fingerprint density at radius 3 is 2.32 bits per heavy atom. The second kappa shape index (κ2) is 5.32. The first-order chi connectivity index (χ1) is 9.42. The summed E-state index contributed by atoms with van der Waals surface area (Å²) in [6, 6.07) is 2.65. The number of hydrogen-bond donors (Lipinski definition) is 1. The number of piperidine rings is 1. The van der Waals surface area contributed by atoms with Gasteiger partial charge < -0.3 is 5.32 Å². The molecule has 0 spiro atoms. The smallest absolute Gasteiger partial charge is 0.0351 e. The normalized spacial score (nSPS) is 39.2. The summed E-state index contributed by atoms with van der Waals surface area (Å²) in [5, 5.41) is 3.46. The molecular weight excluding hydrogens is 236 g/mol. The number of nitrogens with zero attached hydrogens (tertiary/aromatic N) is 3. The number of fused-ring (bicyclic) bond motifs is 1. The summed E-state index contributed by atoms with van der Waals surface area (Å²) >= 11 is 0. The Hall–Kier alpha value is -0.160. The van der Waals surface area contributed by atoms with Gasteiger partial charge in [0.05, 0.1) is 0 Å². The molecule has 4 fully saturated rings. The lowest BCUT2D eigenvalue weighted by atomic mass is 9.94. The maximum atomic E-state index is 3.46. The van der Waals surface area contributed by atoms with E-state index in [9.17, 15) is 0 Å². The fourth-order valence-corrected chi connectivity index (χ4v) is 4.68. The standard InChI is InChI=1S/C15H28N4/c1-2-7-18-8-4-15(14(18)3-1)19-11-13(12-19)17-9-5-16-6-10-17/h13-16H,1-12H2. The van der Waals surface area contributed by atoms with Gasteiger partial charge in [-0.1, -0.05) is 6.42 Å². The largest absolute Gasteiger partial charge is 0.314 e. The molecule has 4 saturated heterocycles. The first-order valence-electron chi connectivity index (χ1n) is 8.35. The Kier molecular flexibility index (Phi) is 3.52. The van der Waals surface area contributed by atoms with Crippen molar-refractivity contribution in [1.29, 1.82) is 0 Å². The zero-order valence-corrected chi connectivity index (χ0v) is 12.1.